The topological polar surface area (TPSA) is 41.1 Å². The number of hydrogen-bond donors (Lipinski definition) is 2. The fraction of sp³-hybridized carbons (Fsp3) is 0.611. The average molecular weight is 288 g/mol. The van der Waals surface area contributed by atoms with Gasteiger partial charge < -0.3 is 10.6 Å². The number of benzene rings is 1. The Morgan fingerprint density at radius 2 is 1.86 bits per heavy atom. The number of amides is 1. The Morgan fingerprint density at radius 1 is 1.24 bits per heavy atom. The lowest BCUT2D eigenvalue weighted by Gasteiger charge is -2.37. The summed E-state index contributed by atoms with van der Waals surface area (Å²) in [6, 6.07) is 10.3. The fourth-order valence-corrected chi connectivity index (χ4v) is 2.87. The highest BCUT2D eigenvalue weighted by Gasteiger charge is 2.41. The Kier molecular flexibility index (Phi) is 5.04. The van der Waals surface area contributed by atoms with Gasteiger partial charge in [0.2, 0.25) is 5.91 Å². The van der Waals surface area contributed by atoms with Crippen molar-refractivity contribution in [2.24, 2.45) is 5.41 Å². The summed E-state index contributed by atoms with van der Waals surface area (Å²) in [5, 5.41) is 6.58. The number of rotatable bonds is 5. The quantitative estimate of drug-likeness (QED) is 0.875. The van der Waals surface area contributed by atoms with Gasteiger partial charge >= 0.3 is 0 Å². The van der Waals surface area contributed by atoms with E-state index in [0.29, 0.717) is 0 Å². The number of hydrogen-bond acceptors (Lipinski definition) is 2. The van der Waals surface area contributed by atoms with E-state index >= 15 is 0 Å². The Balaban J connectivity index is 2.18. The third kappa shape index (κ3) is 3.65. The number of piperidine rings is 1. The molecule has 1 heterocycles. The Morgan fingerprint density at radius 3 is 2.43 bits per heavy atom. The molecule has 0 aromatic heterocycles. The van der Waals surface area contributed by atoms with Gasteiger partial charge in [0.15, 0.2) is 0 Å². The second-order valence-electron chi connectivity index (χ2n) is 6.90. The Bertz CT molecular complexity index is 461. The van der Waals surface area contributed by atoms with Gasteiger partial charge in [0.05, 0.1) is 5.41 Å². The first-order valence-electron chi connectivity index (χ1n) is 8.05. The van der Waals surface area contributed by atoms with Crippen LogP contribution in [0.15, 0.2) is 30.3 Å². The summed E-state index contributed by atoms with van der Waals surface area (Å²) in [5.74, 6) is 0.191. The molecule has 21 heavy (non-hydrogen) atoms. The van der Waals surface area contributed by atoms with Crippen molar-refractivity contribution >= 4 is 5.91 Å². The molecule has 116 valence electrons. The lowest BCUT2D eigenvalue weighted by molar-refractivity contribution is -0.128. The minimum atomic E-state index is -0.365. The number of carbonyl (C=O) groups is 1. The van der Waals surface area contributed by atoms with Crippen molar-refractivity contribution in [3.63, 3.8) is 0 Å². The predicted molar refractivity (Wildman–Crippen MR) is 87.3 cm³/mol. The lowest BCUT2D eigenvalue weighted by atomic mass is 9.72. The number of carbonyl (C=O) groups excluding carboxylic acids is 1. The van der Waals surface area contributed by atoms with Gasteiger partial charge in [-0.15, -0.1) is 0 Å². The van der Waals surface area contributed by atoms with Crippen LogP contribution >= 0.6 is 0 Å². The standard InChI is InChI=1S/C18H28N2O/c1-4-17(2,3)14-20-16(21)18(10-12-19-13-11-18)15-8-6-5-7-9-15/h5-9,19H,4,10-14H2,1-3H3,(H,20,21). The molecule has 0 bridgehead atoms. The minimum absolute atomic E-state index is 0.153. The van der Waals surface area contributed by atoms with Crippen LogP contribution in [0.1, 0.15) is 45.6 Å². The van der Waals surface area contributed by atoms with Crippen LogP contribution in [0.25, 0.3) is 0 Å². The first-order chi connectivity index (χ1) is 10.0. The van der Waals surface area contributed by atoms with E-state index in [-0.39, 0.29) is 16.7 Å². The second kappa shape index (κ2) is 6.61. The largest absolute Gasteiger partial charge is 0.355 e. The van der Waals surface area contributed by atoms with E-state index in [1.807, 2.05) is 18.2 Å². The second-order valence-corrected chi connectivity index (χ2v) is 6.90. The fourth-order valence-electron chi connectivity index (χ4n) is 2.87. The molecule has 1 aliphatic heterocycles. The van der Waals surface area contributed by atoms with Crippen molar-refractivity contribution in [1.82, 2.24) is 10.6 Å². The zero-order chi connectivity index (χ0) is 15.3. The van der Waals surface area contributed by atoms with Crippen LogP contribution in [-0.4, -0.2) is 25.5 Å². The van der Waals surface area contributed by atoms with Gasteiger partial charge in [-0.1, -0.05) is 51.1 Å². The highest BCUT2D eigenvalue weighted by molar-refractivity contribution is 5.88. The molecule has 0 atom stereocenters. The first-order valence-corrected chi connectivity index (χ1v) is 8.05. The van der Waals surface area contributed by atoms with Crippen molar-refractivity contribution in [2.45, 2.75) is 45.4 Å². The third-order valence-corrected chi connectivity index (χ3v) is 4.90. The van der Waals surface area contributed by atoms with Crippen LogP contribution in [0.5, 0.6) is 0 Å². The molecule has 2 rings (SSSR count). The van der Waals surface area contributed by atoms with Crippen LogP contribution in [0, 0.1) is 5.41 Å². The molecule has 0 unspecified atom stereocenters. The van der Waals surface area contributed by atoms with Gasteiger partial charge in [0, 0.05) is 6.54 Å². The molecule has 1 saturated heterocycles. The van der Waals surface area contributed by atoms with E-state index < -0.39 is 0 Å². The smallest absolute Gasteiger partial charge is 0.230 e. The van der Waals surface area contributed by atoms with Gasteiger partial charge in [0.1, 0.15) is 0 Å². The van der Waals surface area contributed by atoms with Gasteiger partial charge in [-0.3, -0.25) is 4.79 Å². The molecular formula is C18H28N2O. The highest BCUT2D eigenvalue weighted by atomic mass is 16.2. The molecule has 0 aliphatic carbocycles. The molecular weight excluding hydrogens is 260 g/mol. The van der Waals surface area contributed by atoms with E-state index in [0.717, 1.165) is 44.5 Å². The maximum atomic E-state index is 12.9. The van der Waals surface area contributed by atoms with Crippen molar-refractivity contribution in [3.8, 4) is 0 Å². The predicted octanol–water partition coefficient (Wildman–Crippen LogP) is 2.86. The molecule has 0 spiro atoms. The van der Waals surface area contributed by atoms with E-state index in [4.69, 9.17) is 0 Å². The summed E-state index contributed by atoms with van der Waals surface area (Å²) in [5.41, 5.74) is 0.940. The van der Waals surface area contributed by atoms with Crippen molar-refractivity contribution in [3.05, 3.63) is 35.9 Å². The van der Waals surface area contributed by atoms with E-state index in [9.17, 15) is 4.79 Å². The summed E-state index contributed by atoms with van der Waals surface area (Å²) in [4.78, 5) is 12.9. The van der Waals surface area contributed by atoms with Gasteiger partial charge in [0.25, 0.3) is 0 Å². The molecule has 3 heteroatoms. The SMILES string of the molecule is CCC(C)(C)CNC(=O)C1(c2ccccc2)CCNCC1. The lowest BCUT2D eigenvalue weighted by Crippen LogP contribution is -2.52. The molecule has 1 aliphatic rings. The third-order valence-electron chi connectivity index (χ3n) is 4.90. The van der Waals surface area contributed by atoms with E-state index in [1.165, 1.54) is 0 Å². The average Bonchev–Trinajstić information content (AvgIpc) is 2.54. The summed E-state index contributed by atoms with van der Waals surface area (Å²) >= 11 is 0. The molecule has 1 aromatic rings. The monoisotopic (exact) mass is 288 g/mol. The zero-order valence-electron chi connectivity index (χ0n) is 13.5. The van der Waals surface area contributed by atoms with Crippen LogP contribution in [-0.2, 0) is 10.2 Å². The Labute approximate surface area is 128 Å². The van der Waals surface area contributed by atoms with Crippen molar-refractivity contribution in [2.75, 3.05) is 19.6 Å². The van der Waals surface area contributed by atoms with Crippen LogP contribution in [0.3, 0.4) is 0 Å². The maximum absolute atomic E-state index is 12.9. The molecule has 1 amide bonds. The molecule has 1 aromatic carbocycles. The summed E-state index contributed by atoms with van der Waals surface area (Å²) in [6.45, 7) is 9.11. The maximum Gasteiger partial charge on any atom is 0.230 e. The van der Waals surface area contributed by atoms with Crippen molar-refractivity contribution < 1.29 is 4.79 Å². The van der Waals surface area contributed by atoms with Crippen molar-refractivity contribution in [1.29, 1.82) is 0 Å². The summed E-state index contributed by atoms with van der Waals surface area (Å²) < 4.78 is 0. The molecule has 2 N–H and O–H groups in total. The Hall–Kier alpha value is -1.35. The van der Waals surface area contributed by atoms with E-state index in [2.05, 4.69) is 43.5 Å². The van der Waals surface area contributed by atoms with Crippen LogP contribution in [0.4, 0.5) is 0 Å². The first kappa shape index (κ1) is 16.0. The number of nitrogens with one attached hydrogen (secondary N) is 2. The highest BCUT2D eigenvalue weighted by Crippen LogP contribution is 2.34. The minimum Gasteiger partial charge on any atom is -0.355 e. The van der Waals surface area contributed by atoms with Gasteiger partial charge in [-0.25, -0.2) is 0 Å². The zero-order valence-corrected chi connectivity index (χ0v) is 13.5. The van der Waals surface area contributed by atoms with Crippen LogP contribution in [0.2, 0.25) is 0 Å². The molecule has 3 nitrogen and oxygen atoms in total. The summed E-state index contributed by atoms with van der Waals surface area (Å²) in [7, 11) is 0. The summed E-state index contributed by atoms with van der Waals surface area (Å²) in [6.07, 6.45) is 2.80. The van der Waals surface area contributed by atoms with Gasteiger partial charge in [-0.2, -0.15) is 0 Å². The molecule has 0 saturated carbocycles. The molecule has 1 fully saturated rings. The van der Waals surface area contributed by atoms with E-state index in [1.54, 1.807) is 0 Å². The van der Waals surface area contributed by atoms with Crippen LogP contribution < -0.4 is 10.6 Å². The molecule has 0 radical (unpaired) electrons. The van der Waals surface area contributed by atoms with Gasteiger partial charge in [-0.05, 0) is 43.3 Å². The normalized spacial score (nSPS) is 18.2.